The van der Waals surface area contributed by atoms with Gasteiger partial charge in [-0.15, -0.1) is 0 Å². The summed E-state index contributed by atoms with van der Waals surface area (Å²) in [6.07, 6.45) is 0. The minimum Gasteiger partial charge on any atom is -0.203 e. The highest BCUT2D eigenvalue weighted by molar-refractivity contribution is 6.17. The van der Waals surface area contributed by atoms with E-state index >= 15 is 0 Å². The van der Waals surface area contributed by atoms with E-state index in [0.717, 1.165) is 6.07 Å². The third-order valence-electron chi connectivity index (χ3n) is 4.11. The third-order valence-corrected chi connectivity index (χ3v) is 4.11. The van der Waals surface area contributed by atoms with Crippen molar-refractivity contribution in [3.63, 3.8) is 0 Å². The van der Waals surface area contributed by atoms with E-state index in [4.69, 9.17) is 0 Å². The highest BCUT2D eigenvalue weighted by Crippen LogP contribution is 2.38. The zero-order valence-corrected chi connectivity index (χ0v) is 11.7. The lowest BCUT2D eigenvalue weighted by atomic mass is 9.95. The Morgan fingerprint density at radius 2 is 0.833 bits per heavy atom. The molecule has 0 aliphatic rings. The Morgan fingerprint density at radius 1 is 0.375 bits per heavy atom. The average molecular weight is 336 g/mol. The summed E-state index contributed by atoms with van der Waals surface area (Å²) in [6.45, 7) is 0. The molecule has 120 valence electrons. The number of benzene rings is 4. The van der Waals surface area contributed by atoms with Gasteiger partial charge in [-0.3, -0.25) is 0 Å². The molecule has 0 nitrogen and oxygen atoms in total. The summed E-state index contributed by atoms with van der Waals surface area (Å²) in [5.41, 5.74) is 0. The molecule has 0 saturated carbocycles. The second-order valence-corrected chi connectivity index (χ2v) is 5.34. The van der Waals surface area contributed by atoms with E-state index in [1.54, 1.807) is 6.07 Å². The van der Waals surface area contributed by atoms with Crippen LogP contribution in [0.4, 0.5) is 26.3 Å². The molecule has 0 unspecified atom stereocenters. The van der Waals surface area contributed by atoms with Gasteiger partial charge in [0, 0.05) is 21.5 Å². The lowest BCUT2D eigenvalue weighted by molar-refractivity contribution is 0.418. The van der Waals surface area contributed by atoms with Crippen LogP contribution in [0.2, 0.25) is 0 Å². The maximum Gasteiger partial charge on any atom is 0.198 e. The van der Waals surface area contributed by atoms with Crippen LogP contribution in [0, 0.1) is 34.9 Å². The van der Waals surface area contributed by atoms with Gasteiger partial charge in [-0.25, -0.2) is 26.3 Å². The fourth-order valence-electron chi connectivity index (χ4n) is 3.02. The van der Waals surface area contributed by atoms with Crippen LogP contribution in [0.15, 0.2) is 36.4 Å². The van der Waals surface area contributed by atoms with Gasteiger partial charge in [-0.1, -0.05) is 36.4 Å². The SMILES string of the molecule is Fc1c(F)c(F)c2c(ccc3c4ccccc4c(F)c(F)c32)c1F. The van der Waals surface area contributed by atoms with Crippen LogP contribution in [0.3, 0.4) is 0 Å². The van der Waals surface area contributed by atoms with Crippen LogP contribution in [0.1, 0.15) is 0 Å². The molecule has 0 atom stereocenters. The largest absolute Gasteiger partial charge is 0.203 e. The molecule has 24 heavy (non-hydrogen) atoms. The van der Waals surface area contributed by atoms with Crippen molar-refractivity contribution in [1.82, 2.24) is 0 Å². The van der Waals surface area contributed by atoms with Gasteiger partial charge in [0.05, 0.1) is 0 Å². The second-order valence-electron chi connectivity index (χ2n) is 5.34. The van der Waals surface area contributed by atoms with E-state index < -0.39 is 51.1 Å². The highest BCUT2D eigenvalue weighted by atomic mass is 19.2. The standard InChI is InChI=1S/C18H6F6/c19-13-9-4-2-1-3-7(9)8-5-6-10-12(11(8)15(13)21)16(22)18(24)17(23)14(10)20/h1-6H. The molecule has 4 aromatic rings. The molecule has 0 bridgehead atoms. The van der Waals surface area contributed by atoms with Gasteiger partial charge in [-0.05, 0) is 10.8 Å². The van der Waals surface area contributed by atoms with Crippen LogP contribution in [0.25, 0.3) is 32.3 Å². The summed E-state index contributed by atoms with van der Waals surface area (Å²) in [6, 6.07) is 8.10. The first kappa shape index (κ1) is 14.8. The van der Waals surface area contributed by atoms with Crippen molar-refractivity contribution in [1.29, 1.82) is 0 Å². The van der Waals surface area contributed by atoms with Crippen molar-refractivity contribution < 1.29 is 26.3 Å². The summed E-state index contributed by atoms with van der Waals surface area (Å²) in [4.78, 5) is 0. The zero-order chi connectivity index (χ0) is 17.2. The molecule has 0 aromatic heterocycles. The third kappa shape index (κ3) is 1.71. The van der Waals surface area contributed by atoms with Crippen molar-refractivity contribution in [2.45, 2.75) is 0 Å². The number of hydrogen-bond acceptors (Lipinski definition) is 0. The molecule has 0 spiro atoms. The summed E-state index contributed by atoms with van der Waals surface area (Å²) >= 11 is 0. The molecular weight excluding hydrogens is 330 g/mol. The molecule has 0 saturated heterocycles. The molecule has 0 radical (unpaired) electrons. The van der Waals surface area contributed by atoms with Gasteiger partial charge in [0.2, 0.25) is 0 Å². The van der Waals surface area contributed by atoms with E-state index in [1.165, 1.54) is 24.3 Å². The van der Waals surface area contributed by atoms with Gasteiger partial charge >= 0.3 is 0 Å². The van der Waals surface area contributed by atoms with Gasteiger partial charge in [0.15, 0.2) is 34.9 Å². The van der Waals surface area contributed by atoms with Crippen molar-refractivity contribution in [2.75, 3.05) is 0 Å². The predicted molar refractivity (Wildman–Crippen MR) is 78.7 cm³/mol. The summed E-state index contributed by atoms with van der Waals surface area (Å²) in [5, 5.41) is -1.85. The molecule has 0 heterocycles. The minimum absolute atomic E-state index is 0.0506. The van der Waals surface area contributed by atoms with E-state index in [2.05, 4.69) is 0 Å². The summed E-state index contributed by atoms with van der Waals surface area (Å²) in [5.74, 6) is -10.2. The number of halogens is 6. The predicted octanol–water partition coefficient (Wildman–Crippen LogP) is 5.98. The van der Waals surface area contributed by atoms with Gasteiger partial charge in [0.1, 0.15) is 0 Å². The van der Waals surface area contributed by atoms with Crippen LogP contribution >= 0.6 is 0 Å². The van der Waals surface area contributed by atoms with E-state index in [-0.39, 0.29) is 16.2 Å². The fraction of sp³-hybridized carbons (Fsp3) is 0. The molecule has 4 aromatic carbocycles. The smallest absolute Gasteiger partial charge is 0.198 e. The molecule has 0 aliphatic heterocycles. The maximum absolute atomic E-state index is 14.5. The molecule has 0 aliphatic carbocycles. The second kappa shape index (κ2) is 4.87. The molecule has 0 fully saturated rings. The number of rotatable bonds is 0. The van der Waals surface area contributed by atoms with Gasteiger partial charge < -0.3 is 0 Å². The van der Waals surface area contributed by atoms with Crippen molar-refractivity contribution in [3.8, 4) is 0 Å². The number of fused-ring (bicyclic) bond motifs is 5. The summed E-state index contributed by atoms with van der Waals surface area (Å²) < 4.78 is 83.9. The first-order chi connectivity index (χ1) is 11.4. The highest BCUT2D eigenvalue weighted by Gasteiger charge is 2.25. The Hall–Kier alpha value is -2.76. The Labute approximate surface area is 130 Å². The maximum atomic E-state index is 14.5. The monoisotopic (exact) mass is 336 g/mol. The Morgan fingerprint density at radius 3 is 1.54 bits per heavy atom. The van der Waals surface area contributed by atoms with Crippen LogP contribution in [0.5, 0.6) is 0 Å². The number of hydrogen-bond donors (Lipinski definition) is 0. The van der Waals surface area contributed by atoms with E-state index in [1.807, 2.05) is 0 Å². The molecular formula is C18H6F6. The van der Waals surface area contributed by atoms with Crippen molar-refractivity contribution in [2.24, 2.45) is 0 Å². The molecule has 6 heteroatoms. The lowest BCUT2D eigenvalue weighted by Crippen LogP contribution is -2.00. The average Bonchev–Trinajstić information content (AvgIpc) is 2.61. The van der Waals surface area contributed by atoms with Crippen LogP contribution in [-0.4, -0.2) is 0 Å². The fourth-order valence-corrected chi connectivity index (χ4v) is 3.02. The van der Waals surface area contributed by atoms with Gasteiger partial charge in [-0.2, -0.15) is 0 Å². The topological polar surface area (TPSA) is 0 Å². The Kier molecular flexibility index (Phi) is 3.00. The normalized spacial score (nSPS) is 11.8. The first-order valence-electron chi connectivity index (χ1n) is 6.87. The Balaban J connectivity index is 2.41. The quantitative estimate of drug-likeness (QED) is 0.160. The van der Waals surface area contributed by atoms with E-state index in [9.17, 15) is 26.3 Å². The molecule has 0 amide bonds. The molecule has 4 rings (SSSR count). The minimum atomic E-state index is -2.07. The first-order valence-corrected chi connectivity index (χ1v) is 6.87. The lowest BCUT2D eigenvalue weighted by Gasteiger charge is -2.12. The van der Waals surface area contributed by atoms with Gasteiger partial charge in [0.25, 0.3) is 0 Å². The van der Waals surface area contributed by atoms with Crippen molar-refractivity contribution >= 4 is 32.3 Å². The van der Waals surface area contributed by atoms with E-state index in [0.29, 0.717) is 0 Å². The summed E-state index contributed by atoms with van der Waals surface area (Å²) in [7, 11) is 0. The Bertz CT molecular complexity index is 1160. The van der Waals surface area contributed by atoms with Crippen LogP contribution in [-0.2, 0) is 0 Å². The van der Waals surface area contributed by atoms with Crippen molar-refractivity contribution in [3.05, 3.63) is 71.3 Å². The van der Waals surface area contributed by atoms with Crippen LogP contribution < -0.4 is 0 Å². The zero-order valence-electron chi connectivity index (χ0n) is 11.7. The molecule has 0 N–H and O–H groups in total.